The van der Waals surface area contributed by atoms with Gasteiger partial charge < -0.3 is 19.4 Å². The van der Waals surface area contributed by atoms with Gasteiger partial charge in [0.15, 0.2) is 0 Å². The molecule has 0 aliphatic carbocycles. The Morgan fingerprint density at radius 1 is 1.09 bits per heavy atom. The number of carbonyl (C=O) groups is 1. The van der Waals surface area contributed by atoms with E-state index >= 15 is 0 Å². The number of hydrogen-bond acceptors (Lipinski definition) is 7. The molecule has 0 fully saturated rings. The minimum atomic E-state index is -0.440. The number of anilines is 2. The highest BCUT2D eigenvalue weighted by Crippen LogP contribution is 2.22. The molecule has 1 aromatic carbocycles. The number of hydrogen-bond donors (Lipinski definition) is 1. The summed E-state index contributed by atoms with van der Waals surface area (Å²) in [5.74, 6) is 0.637. The van der Waals surface area contributed by atoms with Crippen molar-refractivity contribution in [2.45, 2.75) is 20.4 Å². The molecule has 0 amide bonds. The third-order valence-electron chi connectivity index (χ3n) is 5.47. The number of esters is 1. The van der Waals surface area contributed by atoms with E-state index in [1.165, 1.54) is 7.11 Å². The summed E-state index contributed by atoms with van der Waals surface area (Å²) in [6.07, 6.45) is 1.74. The number of ether oxygens (including phenoxy) is 2. The molecule has 0 saturated carbocycles. The van der Waals surface area contributed by atoms with Crippen LogP contribution in [0, 0.1) is 13.8 Å². The molecule has 9 nitrogen and oxygen atoms in total. The van der Waals surface area contributed by atoms with Gasteiger partial charge in [-0.3, -0.25) is 9.36 Å². The standard InChI is InChI=1S/C24H25N5O4/c1-14-10-19-15(2)25-24(26-17-11-20(23(31)33-5)28(3)13-17)27-21(19)29(22(14)30)12-16-6-8-18(32-4)9-7-16/h6-11,13H,12H2,1-5H3,(H,25,26,27). The molecule has 0 saturated heterocycles. The summed E-state index contributed by atoms with van der Waals surface area (Å²) in [5.41, 5.74) is 3.74. The molecule has 3 aromatic heterocycles. The van der Waals surface area contributed by atoms with Crippen molar-refractivity contribution in [3.63, 3.8) is 0 Å². The van der Waals surface area contributed by atoms with E-state index in [4.69, 9.17) is 9.47 Å². The maximum absolute atomic E-state index is 13.0. The molecule has 9 heteroatoms. The molecule has 4 rings (SSSR count). The van der Waals surface area contributed by atoms with Gasteiger partial charge in [-0.1, -0.05) is 12.1 Å². The van der Waals surface area contributed by atoms with Crippen LogP contribution in [0.3, 0.4) is 0 Å². The predicted molar refractivity (Wildman–Crippen MR) is 125 cm³/mol. The molecule has 170 valence electrons. The van der Waals surface area contributed by atoms with Crippen molar-refractivity contribution in [1.29, 1.82) is 0 Å². The van der Waals surface area contributed by atoms with Crippen LogP contribution in [-0.2, 0) is 18.3 Å². The van der Waals surface area contributed by atoms with Crippen molar-refractivity contribution >= 4 is 28.6 Å². The second kappa shape index (κ2) is 8.78. The van der Waals surface area contributed by atoms with Gasteiger partial charge in [0.2, 0.25) is 5.95 Å². The molecule has 0 atom stereocenters. The van der Waals surface area contributed by atoms with Gasteiger partial charge in [-0.25, -0.2) is 9.78 Å². The predicted octanol–water partition coefficient (Wildman–Crippen LogP) is 3.33. The van der Waals surface area contributed by atoms with E-state index < -0.39 is 5.97 Å². The SMILES string of the molecule is COC(=O)c1cc(Nc2nc(C)c3cc(C)c(=O)n(Cc4ccc(OC)cc4)c3n2)cn1C. The fraction of sp³-hybridized carbons (Fsp3) is 0.250. The second-order valence-electron chi connectivity index (χ2n) is 7.78. The number of carbonyl (C=O) groups excluding carboxylic acids is 1. The molecule has 0 aliphatic heterocycles. The van der Waals surface area contributed by atoms with Gasteiger partial charge in [0.25, 0.3) is 5.56 Å². The van der Waals surface area contributed by atoms with E-state index in [1.807, 2.05) is 37.3 Å². The van der Waals surface area contributed by atoms with Gasteiger partial charge in [-0.2, -0.15) is 4.98 Å². The molecule has 3 heterocycles. The molecule has 0 aliphatic rings. The molecule has 4 aromatic rings. The van der Waals surface area contributed by atoms with Gasteiger partial charge >= 0.3 is 5.97 Å². The fourth-order valence-electron chi connectivity index (χ4n) is 3.71. The number of aromatic nitrogens is 4. The first-order chi connectivity index (χ1) is 15.8. The zero-order valence-electron chi connectivity index (χ0n) is 19.2. The van der Waals surface area contributed by atoms with Gasteiger partial charge in [0, 0.05) is 24.2 Å². The summed E-state index contributed by atoms with van der Waals surface area (Å²) in [6, 6.07) is 11.0. The minimum Gasteiger partial charge on any atom is -0.497 e. The smallest absolute Gasteiger partial charge is 0.354 e. The van der Waals surface area contributed by atoms with E-state index in [1.54, 1.807) is 42.5 Å². The highest BCUT2D eigenvalue weighted by Gasteiger charge is 2.16. The first-order valence-electron chi connectivity index (χ1n) is 10.3. The van der Waals surface area contributed by atoms with Crippen molar-refractivity contribution in [3.8, 4) is 5.75 Å². The Labute approximate surface area is 190 Å². The molecule has 0 spiro atoms. The number of nitrogens with zero attached hydrogens (tertiary/aromatic N) is 4. The van der Waals surface area contributed by atoms with E-state index in [9.17, 15) is 9.59 Å². The normalized spacial score (nSPS) is 10.9. The maximum Gasteiger partial charge on any atom is 0.354 e. The molecule has 0 bridgehead atoms. The van der Waals surface area contributed by atoms with Crippen molar-refractivity contribution < 1.29 is 14.3 Å². The number of benzene rings is 1. The molecular formula is C24H25N5O4. The Morgan fingerprint density at radius 2 is 1.82 bits per heavy atom. The van der Waals surface area contributed by atoms with Crippen molar-refractivity contribution in [1.82, 2.24) is 19.1 Å². The van der Waals surface area contributed by atoms with Crippen LogP contribution in [0.25, 0.3) is 11.0 Å². The summed E-state index contributed by atoms with van der Waals surface area (Å²) in [7, 11) is 4.70. The largest absolute Gasteiger partial charge is 0.497 e. The lowest BCUT2D eigenvalue weighted by atomic mass is 10.1. The molecular weight excluding hydrogens is 422 g/mol. The zero-order valence-corrected chi connectivity index (χ0v) is 19.2. The summed E-state index contributed by atoms with van der Waals surface area (Å²) in [6.45, 7) is 4.02. The van der Waals surface area contributed by atoms with Crippen LogP contribution in [0.4, 0.5) is 11.6 Å². The lowest BCUT2D eigenvalue weighted by Crippen LogP contribution is -2.24. The Balaban J connectivity index is 1.77. The summed E-state index contributed by atoms with van der Waals surface area (Å²) >= 11 is 0. The molecule has 33 heavy (non-hydrogen) atoms. The highest BCUT2D eigenvalue weighted by molar-refractivity contribution is 5.89. The van der Waals surface area contributed by atoms with E-state index in [2.05, 4.69) is 15.3 Å². The topological polar surface area (TPSA) is 100 Å². The quantitative estimate of drug-likeness (QED) is 0.453. The van der Waals surface area contributed by atoms with Gasteiger partial charge in [0.1, 0.15) is 17.1 Å². The van der Waals surface area contributed by atoms with Crippen LogP contribution < -0.4 is 15.6 Å². The van der Waals surface area contributed by atoms with E-state index in [0.29, 0.717) is 35.1 Å². The second-order valence-corrected chi connectivity index (χ2v) is 7.78. The van der Waals surface area contributed by atoms with Gasteiger partial charge in [-0.15, -0.1) is 0 Å². The molecule has 1 N–H and O–H groups in total. The summed E-state index contributed by atoms with van der Waals surface area (Å²) in [5, 5.41) is 3.94. The number of fused-ring (bicyclic) bond motifs is 1. The fourth-order valence-corrected chi connectivity index (χ4v) is 3.71. The maximum atomic E-state index is 13.0. The lowest BCUT2D eigenvalue weighted by Gasteiger charge is -2.14. The summed E-state index contributed by atoms with van der Waals surface area (Å²) in [4.78, 5) is 34.2. The third-order valence-corrected chi connectivity index (χ3v) is 5.47. The van der Waals surface area contributed by atoms with Gasteiger partial charge in [-0.05, 0) is 43.7 Å². The zero-order chi connectivity index (χ0) is 23.7. The Bertz CT molecular complexity index is 1400. The number of pyridine rings is 1. The van der Waals surface area contributed by atoms with Crippen LogP contribution in [0.5, 0.6) is 5.75 Å². The summed E-state index contributed by atoms with van der Waals surface area (Å²) < 4.78 is 13.3. The van der Waals surface area contributed by atoms with Crippen LogP contribution in [-0.4, -0.2) is 39.3 Å². The Morgan fingerprint density at radius 3 is 2.48 bits per heavy atom. The van der Waals surface area contributed by atoms with Crippen LogP contribution in [0.15, 0.2) is 47.4 Å². The number of aryl methyl sites for hydroxylation is 3. The number of methoxy groups -OCH3 is 2. The van der Waals surface area contributed by atoms with Gasteiger partial charge in [0.05, 0.1) is 32.1 Å². The minimum absolute atomic E-state index is 0.116. The Kier molecular flexibility index (Phi) is 5.87. The average molecular weight is 447 g/mol. The third kappa shape index (κ3) is 4.30. The van der Waals surface area contributed by atoms with E-state index in [-0.39, 0.29) is 5.56 Å². The van der Waals surface area contributed by atoms with Crippen molar-refractivity contribution in [2.75, 3.05) is 19.5 Å². The molecule has 0 radical (unpaired) electrons. The lowest BCUT2D eigenvalue weighted by molar-refractivity contribution is 0.0590. The van der Waals surface area contributed by atoms with Crippen LogP contribution in [0.1, 0.15) is 27.3 Å². The number of nitrogens with one attached hydrogen (secondary N) is 1. The first kappa shape index (κ1) is 22.1. The number of rotatable bonds is 6. The van der Waals surface area contributed by atoms with E-state index in [0.717, 1.165) is 22.4 Å². The monoisotopic (exact) mass is 447 g/mol. The average Bonchev–Trinajstić information content (AvgIpc) is 3.17. The highest BCUT2D eigenvalue weighted by atomic mass is 16.5. The van der Waals surface area contributed by atoms with Crippen molar-refractivity contribution in [2.24, 2.45) is 7.05 Å². The first-order valence-corrected chi connectivity index (χ1v) is 10.3. The van der Waals surface area contributed by atoms with Crippen LogP contribution >= 0.6 is 0 Å². The van der Waals surface area contributed by atoms with Crippen molar-refractivity contribution in [3.05, 3.63) is 75.5 Å². The molecule has 0 unspecified atom stereocenters. The Hall–Kier alpha value is -4.14. The van der Waals surface area contributed by atoms with Crippen LogP contribution in [0.2, 0.25) is 0 Å².